The molecule has 0 spiro atoms. The van der Waals surface area contributed by atoms with Gasteiger partial charge in [-0.05, 0) is 44.9 Å². The fourth-order valence-corrected chi connectivity index (χ4v) is 5.01. The standard InChI is InChI=1S/C35H51N3O8/c1-9-21-46-32-24-28(38(19-16-33(39)43-7)20-17-34(40)44-8)15-14-26(32)22-27-23-29(36(4)5)30(25-31(27)42-6)37(10-2)18-12-13-35(41)45-11-3/h9,14-15,21,23-25H,10-13,16-20,22H2,1-8H3. The Morgan fingerprint density at radius 1 is 0.761 bits per heavy atom. The number of carbonyl (C=O) groups excluding carboxylic acids is 3. The Balaban J connectivity index is 2.48. The molecule has 0 unspecified atom stereocenters. The average molecular weight is 642 g/mol. The van der Waals surface area contributed by atoms with E-state index < -0.39 is 0 Å². The van der Waals surface area contributed by atoms with Crippen molar-refractivity contribution in [3.8, 4) is 11.5 Å². The lowest BCUT2D eigenvalue weighted by Gasteiger charge is -2.30. The first-order valence-corrected chi connectivity index (χ1v) is 15.7. The van der Waals surface area contributed by atoms with Gasteiger partial charge in [0.1, 0.15) is 11.5 Å². The maximum absolute atomic E-state index is 11.9. The molecule has 2 aromatic rings. The zero-order valence-corrected chi connectivity index (χ0v) is 28.7. The van der Waals surface area contributed by atoms with E-state index in [0.717, 1.165) is 40.5 Å². The molecule has 0 fully saturated rings. The summed E-state index contributed by atoms with van der Waals surface area (Å²) >= 11 is 0. The quantitative estimate of drug-likeness (QED) is 0.106. The highest BCUT2D eigenvalue weighted by molar-refractivity contribution is 5.75. The SMILES string of the molecule is CC=COc1cc(N(CCC(=O)OC)CCC(=O)OC)ccc1Cc1cc(N(C)C)c(N(CC)CCCC(=O)OCC)cc1OC. The molecule has 0 aliphatic rings. The molecular weight excluding hydrogens is 590 g/mol. The number of allylic oxidation sites excluding steroid dienone is 1. The van der Waals surface area contributed by atoms with E-state index >= 15 is 0 Å². The maximum atomic E-state index is 11.9. The van der Waals surface area contributed by atoms with Crippen molar-refractivity contribution in [2.75, 3.05) is 82.9 Å². The number of hydrogen-bond acceptors (Lipinski definition) is 11. The molecule has 2 aromatic carbocycles. The van der Waals surface area contributed by atoms with Crippen molar-refractivity contribution in [2.24, 2.45) is 0 Å². The van der Waals surface area contributed by atoms with Gasteiger partial charge in [-0.2, -0.15) is 0 Å². The average Bonchev–Trinajstić information content (AvgIpc) is 3.05. The van der Waals surface area contributed by atoms with Crippen molar-refractivity contribution < 1.29 is 38.1 Å². The van der Waals surface area contributed by atoms with Crippen LogP contribution in [0.15, 0.2) is 42.7 Å². The second kappa shape index (κ2) is 19.9. The highest BCUT2D eigenvalue weighted by Crippen LogP contribution is 2.38. The third-order valence-electron chi connectivity index (χ3n) is 7.45. The smallest absolute Gasteiger partial charge is 0.307 e. The Morgan fingerprint density at radius 2 is 1.43 bits per heavy atom. The van der Waals surface area contributed by atoms with Crippen molar-refractivity contribution >= 4 is 35.0 Å². The van der Waals surface area contributed by atoms with E-state index in [9.17, 15) is 14.4 Å². The van der Waals surface area contributed by atoms with Gasteiger partial charge in [-0.1, -0.05) is 12.1 Å². The first-order chi connectivity index (χ1) is 22.1. The topological polar surface area (TPSA) is 107 Å². The van der Waals surface area contributed by atoms with E-state index in [-0.39, 0.29) is 30.7 Å². The molecule has 0 saturated carbocycles. The number of anilines is 3. The number of rotatable bonds is 20. The first-order valence-electron chi connectivity index (χ1n) is 15.7. The molecular formula is C35H51N3O8. The van der Waals surface area contributed by atoms with Crippen LogP contribution in [0.2, 0.25) is 0 Å². The molecule has 0 heterocycles. The van der Waals surface area contributed by atoms with Crippen LogP contribution in [0.25, 0.3) is 0 Å². The number of carbonyl (C=O) groups is 3. The molecule has 2 rings (SSSR count). The van der Waals surface area contributed by atoms with E-state index in [0.29, 0.717) is 51.3 Å². The van der Waals surface area contributed by atoms with E-state index in [1.165, 1.54) is 14.2 Å². The van der Waals surface area contributed by atoms with Crippen LogP contribution in [0.1, 0.15) is 57.6 Å². The molecule has 11 heteroatoms. The minimum absolute atomic E-state index is 0.166. The van der Waals surface area contributed by atoms with Crippen LogP contribution in [-0.2, 0) is 35.0 Å². The molecule has 0 aliphatic heterocycles. The second-order valence-electron chi connectivity index (χ2n) is 10.7. The fourth-order valence-electron chi connectivity index (χ4n) is 5.01. The van der Waals surface area contributed by atoms with Crippen molar-refractivity contribution in [3.63, 3.8) is 0 Å². The summed E-state index contributed by atoms with van der Waals surface area (Å²) < 4.78 is 26.7. The summed E-state index contributed by atoms with van der Waals surface area (Å²) in [4.78, 5) is 42.0. The highest BCUT2D eigenvalue weighted by atomic mass is 16.5. The van der Waals surface area contributed by atoms with Crippen LogP contribution in [0, 0.1) is 0 Å². The number of methoxy groups -OCH3 is 3. The lowest BCUT2D eigenvalue weighted by molar-refractivity contribution is -0.143. The Bertz CT molecular complexity index is 1290. The summed E-state index contributed by atoms with van der Waals surface area (Å²) in [5.41, 5.74) is 4.75. The molecule has 0 bridgehead atoms. The van der Waals surface area contributed by atoms with E-state index in [2.05, 4.69) is 28.9 Å². The van der Waals surface area contributed by atoms with Gasteiger partial charge in [0.15, 0.2) is 0 Å². The Kier molecular flexibility index (Phi) is 16.3. The molecule has 0 aliphatic carbocycles. The molecule has 0 N–H and O–H groups in total. The van der Waals surface area contributed by atoms with Crippen molar-refractivity contribution in [1.82, 2.24) is 0 Å². The van der Waals surface area contributed by atoms with Crippen LogP contribution < -0.4 is 24.2 Å². The Hall–Kier alpha value is -4.41. The lowest BCUT2D eigenvalue weighted by atomic mass is 10.00. The van der Waals surface area contributed by atoms with Crippen LogP contribution in [-0.4, -0.2) is 86.1 Å². The minimum atomic E-state index is -0.335. The van der Waals surface area contributed by atoms with Gasteiger partial charge in [0.05, 0.1) is 58.4 Å². The Morgan fingerprint density at radius 3 is 1.98 bits per heavy atom. The highest BCUT2D eigenvalue weighted by Gasteiger charge is 2.20. The maximum Gasteiger partial charge on any atom is 0.307 e. The van der Waals surface area contributed by atoms with Gasteiger partial charge in [-0.3, -0.25) is 14.4 Å². The molecule has 0 atom stereocenters. The van der Waals surface area contributed by atoms with E-state index in [1.807, 2.05) is 57.1 Å². The molecule has 254 valence electrons. The van der Waals surface area contributed by atoms with Gasteiger partial charge in [-0.25, -0.2) is 0 Å². The number of hydrogen-bond donors (Lipinski definition) is 0. The van der Waals surface area contributed by atoms with Gasteiger partial charge in [0.2, 0.25) is 0 Å². The number of nitrogens with zero attached hydrogens (tertiary/aromatic N) is 3. The molecule has 46 heavy (non-hydrogen) atoms. The first kappa shape index (κ1) is 37.8. The van der Waals surface area contributed by atoms with Gasteiger partial charge in [0.25, 0.3) is 0 Å². The summed E-state index contributed by atoms with van der Waals surface area (Å²) in [5, 5.41) is 0. The van der Waals surface area contributed by atoms with E-state index in [1.54, 1.807) is 13.4 Å². The van der Waals surface area contributed by atoms with Gasteiger partial charge in [0, 0.05) is 76.5 Å². The summed E-state index contributed by atoms with van der Waals surface area (Å²) in [6.07, 6.45) is 5.33. The molecule has 11 nitrogen and oxygen atoms in total. The van der Waals surface area contributed by atoms with Crippen LogP contribution in [0.3, 0.4) is 0 Å². The summed E-state index contributed by atoms with van der Waals surface area (Å²) in [5.74, 6) is 0.527. The van der Waals surface area contributed by atoms with Crippen LogP contribution >= 0.6 is 0 Å². The number of esters is 3. The third kappa shape index (κ3) is 11.5. The lowest BCUT2D eigenvalue weighted by Crippen LogP contribution is -2.29. The Labute approximate surface area is 274 Å². The summed E-state index contributed by atoms with van der Waals surface area (Å²) in [7, 11) is 8.39. The largest absolute Gasteiger partial charge is 0.496 e. The minimum Gasteiger partial charge on any atom is -0.496 e. The third-order valence-corrected chi connectivity index (χ3v) is 7.45. The summed E-state index contributed by atoms with van der Waals surface area (Å²) in [6, 6.07) is 10.1. The fraction of sp³-hybridized carbons (Fsp3) is 0.514. The van der Waals surface area contributed by atoms with Crippen molar-refractivity contribution in [1.29, 1.82) is 0 Å². The number of ether oxygens (including phenoxy) is 5. The van der Waals surface area contributed by atoms with E-state index in [4.69, 9.17) is 23.7 Å². The van der Waals surface area contributed by atoms with Crippen LogP contribution in [0.5, 0.6) is 11.5 Å². The molecule has 0 aromatic heterocycles. The van der Waals surface area contributed by atoms with Crippen molar-refractivity contribution in [2.45, 2.75) is 52.9 Å². The molecule has 0 saturated heterocycles. The second-order valence-corrected chi connectivity index (χ2v) is 10.7. The van der Waals surface area contributed by atoms with Crippen molar-refractivity contribution in [3.05, 3.63) is 53.8 Å². The zero-order chi connectivity index (χ0) is 34.1. The van der Waals surface area contributed by atoms with Gasteiger partial charge < -0.3 is 38.4 Å². The van der Waals surface area contributed by atoms with Gasteiger partial charge >= 0.3 is 17.9 Å². The van der Waals surface area contributed by atoms with Gasteiger partial charge in [-0.15, -0.1) is 0 Å². The zero-order valence-electron chi connectivity index (χ0n) is 28.7. The predicted octanol–water partition coefficient (Wildman–Crippen LogP) is 5.37. The predicted molar refractivity (Wildman–Crippen MR) is 181 cm³/mol. The normalized spacial score (nSPS) is 10.8. The monoisotopic (exact) mass is 641 g/mol. The van der Waals surface area contributed by atoms with Crippen LogP contribution in [0.4, 0.5) is 17.1 Å². The molecule has 0 radical (unpaired) electrons. The summed E-state index contributed by atoms with van der Waals surface area (Å²) in [6.45, 7) is 8.35. The molecule has 0 amide bonds. The number of benzene rings is 2.